The molecule has 1 aromatic carbocycles. The lowest BCUT2D eigenvalue weighted by Gasteiger charge is -2.13. The first-order chi connectivity index (χ1) is 9.70. The predicted octanol–water partition coefficient (Wildman–Crippen LogP) is 3.90. The number of ether oxygens (including phenoxy) is 1. The zero-order valence-electron chi connectivity index (χ0n) is 12.9. The molecule has 0 bridgehead atoms. The minimum atomic E-state index is -0.461. The van der Waals surface area contributed by atoms with Crippen LogP contribution in [0.25, 0.3) is 0 Å². The fraction of sp³-hybridized carbons (Fsp3) is 0.375. The van der Waals surface area contributed by atoms with E-state index in [2.05, 4.69) is 5.10 Å². The van der Waals surface area contributed by atoms with Crippen LogP contribution >= 0.6 is 11.6 Å². The van der Waals surface area contributed by atoms with Gasteiger partial charge in [-0.15, -0.1) is 0 Å². The molecule has 2 rings (SSSR count). The van der Waals surface area contributed by atoms with Gasteiger partial charge in [-0.05, 0) is 24.6 Å². The summed E-state index contributed by atoms with van der Waals surface area (Å²) >= 11 is 6.08. The van der Waals surface area contributed by atoms with Gasteiger partial charge in [-0.25, -0.2) is 4.79 Å². The van der Waals surface area contributed by atoms with Crippen molar-refractivity contribution in [2.75, 3.05) is 0 Å². The van der Waals surface area contributed by atoms with Gasteiger partial charge in [0.05, 0.1) is 10.7 Å². The van der Waals surface area contributed by atoms with Crippen molar-refractivity contribution < 1.29 is 9.53 Å². The number of rotatable bonds is 2. The Morgan fingerprint density at radius 3 is 2.52 bits per heavy atom. The highest BCUT2D eigenvalue weighted by Crippen LogP contribution is 2.29. The van der Waals surface area contributed by atoms with Crippen molar-refractivity contribution in [3.63, 3.8) is 0 Å². The molecule has 0 spiro atoms. The van der Waals surface area contributed by atoms with Crippen LogP contribution in [0.15, 0.2) is 24.3 Å². The third-order valence-electron chi connectivity index (χ3n) is 3.22. The lowest BCUT2D eigenvalue weighted by atomic mass is 9.92. The maximum absolute atomic E-state index is 12.3. The van der Waals surface area contributed by atoms with Crippen molar-refractivity contribution in [1.82, 2.24) is 9.78 Å². The van der Waals surface area contributed by atoms with Gasteiger partial charge in [0.1, 0.15) is 5.69 Å². The quantitative estimate of drug-likeness (QED) is 0.624. The number of aromatic nitrogens is 2. The molecule has 0 saturated heterocycles. The van der Waals surface area contributed by atoms with Crippen molar-refractivity contribution in [3.8, 4) is 5.75 Å². The van der Waals surface area contributed by atoms with Crippen LogP contribution in [0, 0.1) is 6.92 Å². The van der Waals surface area contributed by atoms with Gasteiger partial charge in [-0.1, -0.05) is 44.5 Å². The second-order valence-corrected chi connectivity index (χ2v) is 6.47. The van der Waals surface area contributed by atoms with Gasteiger partial charge in [0.25, 0.3) is 0 Å². The van der Waals surface area contributed by atoms with Crippen LogP contribution in [-0.2, 0) is 12.5 Å². The number of esters is 1. The number of carbonyl (C=O) groups excluding carboxylic acids is 1. The predicted molar refractivity (Wildman–Crippen MR) is 83.1 cm³/mol. The van der Waals surface area contributed by atoms with Crippen molar-refractivity contribution in [2.45, 2.75) is 33.1 Å². The Morgan fingerprint density at radius 1 is 1.33 bits per heavy atom. The summed E-state index contributed by atoms with van der Waals surface area (Å²) < 4.78 is 6.97. The first kappa shape index (κ1) is 15.6. The number of para-hydroxylation sites is 1. The van der Waals surface area contributed by atoms with E-state index in [-0.39, 0.29) is 5.41 Å². The molecular formula is C16H19ClN2O2. The van der Waals surface area contributed by atoms with Gasteiger partial charge in [0.15, 0.2) is 5.75 Å². The first-order valence-electron chi connectivity index (χ1n) is 6.72. The fourth-order valence-corrected chi connectivity index (χ4v) is 2.18. The summed E-state index contributed by atoms with van der Waals surface area (Å²) in [6.07, 6.45) is 0. The van der Waals surface area contributed by atoms with Crippen LogP contribution < -0.4 is 4.74 Å². The number of halogens is 1. The topological polar surface area (TPSA) is 44.1 Å². The van der Waals surface area contributed by atoms with Gasteiger partial charge in [0.2, 0.25) is 0 Å². The normalized spacial score (nSPS) is 11.5. The molecule has 1 heterocycles. The fourth-order valence-electron chi connectivity index (χ4n) is 1.92. The van der Waals surface area contributed by atoms with Crippen LogP contribution in [0.1, 0.15) is 42.5 Å². The summed E-state index contributed by atoms with van der Waals surface area (Å²) in [5.41, 5.74) is 1.93. The van der Waals surface area contributed by atoms with Crippen molar-refractivity contribution in [2.24, 2.45) is 7.05 Å². The molecule has 0 fully saturated rings. The van der Waals surface area contributed by atoms with E-state index < -0.39 is 5.97 Å². The summed E-state index contributed by atoms with van der Waals surface area (Å²) in [5.74, 6) is -0.0700. The third-order valence-corrected chi connectivity index (χ3v) is 3.51. The van der Waals surface area contributed by atoms with Crippen molar-refractivity contribution >= 4 is 17.6 Å². The van der Waals surface area contributed by atoms with Crippen molar-refractivity contribution in [1.29, 1.82) is 0 Å². The van der Waals surface area contributed by atoms with Crippen LogP contribution in [0.5, 0.6) is 5.75 Å². The van der Waals surface area contributed by atoms with Gasteiger partial charge >= 0.3 is 5.97 Å². The molecular weight excluding hydrogens is 288 g/mol. The smallest absolute Gasteiger partial charge is 0.362 e. The molecule has 0 aliphatic carbocycles. The zero-order valence-corrected chi connectivity index (χ0v) is 13.7. The largest absolute Gasteiger partial charge is 0.420 e. The van der Waals surface area contributed by atoms with E-state index in [9.17, 15) is 4.79 Å². The second kappa shape index (κ2) is 5.53. The lowest BCUT2D eigenvalue weighted by Crippen LogP contribution is -2.14. The molecule has 5 heteroatoms. The SMILES string of the molecule is Cc1cccc(Cl)c1OC(=O)c1cc(C(C)(C)C)nn1C. The van der Waals surface area contributed by atoms with Crippen LogP contribution in [0.4, 0.5) is 0 Å². The van der Waals surface area contributed by atoms with E-state index in [0.717, 1.165) is 11.3 Å². The molecule has 0 saturated carbocycles. The van der Waals surface area contributed by atoms with E-state index in [4.69, 9.17) is 16.3 Å². The molecule has 21 heavy (non-hydrogen) atoms. The van der Waals surface area contributed by atoms with Gasteiger partial charge in [-0.2, -0.15) is 5.10 Å². The second-order valence-electron chi connectivity index (χ2n) is 6.06. The Bertz CT molecular complexity index is 664. The number of hydrogen-bond donors (Lipinski definition) is 0. The monoisotopic (exact) mass is 306 g/mol. The highest BCUT2D eigenvalue weighted by molar-refractivity contribution is 6.32. The van der Waals surface area contributed by atoms with Crippen LogP contribution in [-0.4, -0.2) is 15.7 Å². The molecule has 0 unspecified atom stereocenters. The summed E-state index contributed by atoms with van der Waals surface area (Å²) in [6.45, 7) is 7.98. The minimum absolute atomic E-state index is 0.128. The Hall–Kier alpha value is -1.81. The minimum Gasteiger partial charge on any atom is -0.420 e. The number of hydrogen-bond acceptors (Lipinski definition) is 3. The Kier molecular flexibility index (Phi) is 4.10. The molecule has 0 aliphatic heterocycles. The van der Waals surface area contributed by atoms with Crippen LogP contribution in [0.3, 0.4) is 0 Å². The van der Waals surface area contributed by atoms with E-state index in [0.29, 0.717) is 16.5 Å². The Balaban J connectivity index is 2.31. The highest BCUT2D eigenvalue weighted by Gasteiger charge is 2.23. The molecule has 2 aromatic rings. The van der Waals surface area contributed by atoms with Crippen molar-refractivity contribution in [3.05, 3.63) is 46.2 Å². The number of benzene rings is 1. The number of aryl methyl sites for hydroxylation is 2. The average Bonchev–Trinajstić information content (AvgIpc) is 2.76. The maximum atomic E-state index is 12.3. The molecule has 0 N–H and O–H groups in total. The maximum Gasteiger partial charge on any atom is 0.362 e. The molecule has 4 nitrogen and oxygen atoms in total. The van der Waals surface area contributed by atoms with E-state index in [1.807, 2.05) is 39.8 Å². The molecule has 0 amide bonds. The summed E-state index contributed by atoms with van der Waals surface area (Å²) in [7, 11) is 1.73. The van der Waals surface area contributed by atoms with Gasteiger partial charge in [-0.3, -0.25) is 4.68 Å². The Morgan fingerprint density at radius 2 is 2.00 bits per heavy atom. The summed E-state index contributed by atoms with van der Waals surface area (Å²) in [5, 5.41) is 4.79. The molecule has 112 valence electrons. The highest BCUT2D eigenvalue weighted by atomic mass is 35.5. The van der Waals surface area contributed by atoms with E-state index >= 15 is 0 Å². The molecule has 1 aromatic heterocycles. The summed E-state index contributed by atoms with van der Waals surface area (Å²) in [6, 6.07) is 7.12. The first-order valence-corrected chi connectivity index (χ1v) is 7.10. The van der Waals surface area contributed by atoms with Gasteiger partial charge in [0, 0.05) is 12.5 Å². The molecule has 0 atom stereocenters. The lowest BCUT2D eigenvalue weighted by molar-refractivity contribution is 0.0722. The summed E-state index contributed by atoms with van der Waals surface area (Å²) in [4.78, 5) is 12.3. The number of carbonyl (C=O) groups is 1. The average molecular weight is 307 g/mol. The van der Waals surface area contributed by atoms with E-state index in [1.165, 1.54) is 4.68 Å². The Labute approximate surface area is 129 Å². The molecule has 0 radical (unpaired) electrons. The third kappa shape index (κ3) is 3.27. The zero-order chi connectivity index (χ0) is 15.8. The number of nitrogens with zero attached hydrogens (tertiary/aromatic N) is 2. The van der Waals surface area contributed by atoms with Crippen LogP contribution in [0.2, 0.25) is 5.02 Å². The van der Waals surface area contributed by atoms with E-state index in [1.54, 1.807) is 19.2 Å². The van der Waals surface area contributed by atoms with Gasteiger partial charge < -0.3 is 4.74 Å². The standard InChI is InChI=1S/C16H19ClN2O2/c1-10-7-6-8-11(17)14(10)21-15(20)12-9-13(16(2,3)4)18-19(12)5/h6-9H,1-5H3. The molecule has 0 aliphatic rings.